The molecule has 2 aliphatic rings. The number of nitrogens with two attached hydrogens (primary N) is 1. The molecule has 21 heavy (non-hydrogen) atoms. The average Bonchev–Trinajstić information content (AvgIpc) is 2.74. The normalized spacial score (nSPS) is 33.1. The first kappa shape index (κ1) is 17.1. The summed E-state index contributed by atoms with van der Waals surface area (Å²) in [5.41, 5.74) is 5.53. The molecule has 0 aromatic heterocycles. The van der Waals surface area contributed by atoms with Crippen molar-refractivity contribution in [2.75, 3.05) is 13.6 Å². The fraction of sp³-hybridized carbons (Fsp3) is 1.00. The van der Waals surface area contributed by atoms with Crippen LogP contribution in [0, 0.1) is 5.92 Å². The Balaban J connectivity index is 2.11. The summed E-state index contributed by atoms with van der Waals surface area (Å²) in [7, 11) is 2.02. The molecule has 2 unspecified atom stereocenters. The highest BCUT2D eigenvalue weighted by atomic mass is 19.4. The largest absolute Gasteiger partial charge is 0.391 e. The van der Waals surface area contributed by atoms with Gasteiger partial charge in [0.15, 0.2) is 0 Å². The van der Waals surface area contributed by atoms with Gasteiger partial charge in [0.25, 0.3) is 0 Å². The molecule has 5 heteroatoms. The third-order valence-electron chi connectivity index (χ3n) is 5.78. The van der Waals surface area contributed by atoms with Gasteiger partial charge in [0.2, 0.25) is 0 Å². The summed E-state index contributed by atoms with van der Waals surface area (Å²) in [5, 5.41) is 0. The van der Waals surface area contributed by atoms with E-state index in [1.54, 1.807) is 0 Å². The Morgan fingerprint density at radius 3 is 2.19 bits per heavy atom. The zero-order valence-electron chi connectivity index (χ0n) is 13.1. The van der Waals surface area contributed by atoms with Crippen molar-refractivity contribution < 1.29 is 13.2 Å². The standard InChI is InChI=1S/C16H29F3N2/c1-21(14-8-4-2-3-5-9-14)15(12-20)10-6-7-13(11-15)16(17,18)19/h13-14H,2-12,20H2,1H3. The Morgan fingerprint density at radius 1 is 1.05 bits per heavy atom. The van der Waals surface area contributed by atoms with Gasteiger partial charge >= 0.3 is 6.18 Å². The van der Waals surface area contributed by atoms with Gasteiger partial charge in [-0.25, -0.2) is 0 Å². The minimum Gasteiger partial charge on any atom is -0.329 e. The molecule has 0 spiro atoms. The van der Waals surface area contributed by atoms with E-state index in [0.717, 1.165) is 19.3 Å². The monoisotopic (exact) mass is 306 g/mol. The van der Waals surface area contributed by atoms with Crippen LogP contribution in [-0.4, -0.2) is 36.2 Å². The molecular formula is C16H29F3N2. The Morgan fingerprint density at radius 2 is 1.67 bits per heavy atom. The number of hydrogen-bond acceptors (Lipinski definition) is 2. The molecule has 124 valence electrons. The molecule has 2 N–H and O–H groups in total. The minimum atomic E-state index is -4.08. The molecule has 2 saturated carbocycles. The number of nitrogens with zero attached hydrogens (tertiary/aromatic N) is 1. The summed E-state index contributed by atoms with van der Waals surface area (Å²) in [6.45, 7) is 0.340. The van der Waals surface area contributed by atoms with Gasteiger partial charge in [0.1, 0.15) is 0 Å². The van der Waals surface area contributed by atoms with E-state index in [-0.39, 0.29) is 12.8 Å². The summed E-state index contributed by atoms with van der Waals surface area (Å²) in [4.78, 5) is 2.23. The highest BCUT2D eigenvalue weighted by Crippen LogP contribution is 2.44. The molecule has 0 aromatic rings. The van der Waals surface area contributed by atoms with Crippen LogP contribution >= 0.6 is 0 Å². The van der Waals surface area contributed by atoms with E-state index in [9.17, 15) is 13.2 Å². The second kappa shape index (κ2) is 6.86. The molecule has 2 fully saturated rings. The van der Waals surface area contributed by atoms with Crippen LogP contribution in [0.4, 0.5) is 13.2 Å². The van der Waals surface area contributed by atoms with Gasteiger partial charge in [-0.15, -0.1) is 0 Å². The summed E-state index contributed by atoms with van der Waals surface area (Å²) in [6, 6.07) is 0.406. The van der Waals surface area contributed by atoms with Crippen molar-refractivity contribution in [1.29, 1.82) is 0 Å². The van der Waals surface area contributed by atoms with Crippen LogP contribution in [0.5, 0.6) is 0 Å². The molecule has 0 aromatic carbocycles. The Bertz CT molecular complexity index is 324. The third kappa shape index (κ3) is 3.92. The molecule has 0 amide bonds. The van der Waals surface area contributed by atoms with Crippen LogP contribution in [0.15, 0.2) is 0 Å². The first-order valence-corrected chi connectivity index (χ1v) is 8.39. The number of rotatable bonds is 3. The van der Waals surface area contributed by atoms with E-state index in [2.05, 4.69) is 4.90 Å². The van der Waals surface area contributed by atoms with Crippen LogP contribution in [0.3, 0.4) is 0 Å². The zero-order valence-corrected chi connectivity index (χ0v) is 13.1. The lowest BCUT2D eigenvalue weighted by molar-refractivity contribution is -0.194. The number of likely N-dealkylation sites (N-methyl/N-ethyl adjacent to an activating group) is 1. The fourth-order valence-electron chi connectivity index (χ4n) is 4.30. The van der Waals surface area contributed by atoms with Gasteiger partial charge in [0.05, 0.1) is 5.92 Å². The van der Waals surface area contributed by atoms with Gasteiger partial charge in [-0.1, -0.05) is 32.1 Å². The Kier molecular flexibility index (Phi) is 5.58. The van der Waals surface area contributed by atoms with Crippen molar-refractivity contribution in [3.63, 3.8) is 0 Å². The van der Waals surface area contributed by atoms with Crippen LogP contribution in [-0.2, 0) is 0 Å². The molecule has 2 nitrogen and oxygen atoms in total. The number of hydrogen-bond donors (Lipinski definition) is 1. The van der Waals surface area contributed by atoms with Crippen LogP contribution in [0.25, 0.3) is 0 Å². The van der Waals surface area contributed by atoms with Gasteiger partial charge in [-0.2, -0.15) is 13.2 Å². The molecule has 0 aliphatic heterocycles. The first-order valence-electron chi connectivity index (χ1n) is 8.39. The fourth-order valence-corrected chi connectivity index (χ4v) is 4.30. The van der Waals surface area contributed by atoms with Gasteiger partial charge in [0, 0.05) is 18.1 Å². The van der Waals surface area contributed by atoms with Crippen LogP contribution < -0.4 is 5.73 Å². The predicted octanol–water partition coefficient (Wildman–Crippen LogP) is 4.09. The van der Waals surface area contributed by atoms with Crippen molar-refractivity contribution >= 4 is 0 Å². The van der Waals surface area contributed by atoms with E-state index in [1.165, 1.54) is 25.7 Å². The lowest BCUT2D eigenvalue weighted by Crippen LogP contribution is -2.59. The molecule has 2 aliphatic carbocycles. The second-order valence-corrected chi connectivity index (χ2v) is 7.02. The molecule has 0 heterocycles. The summed E-state index contributed by atoms with van der Waals surface area (Å²) >= 11 is 0. The van der Waals surface area contributed by atoms with Gasteiger partial charge < -0.3 is 5.73 Å². The van der Waals surface area contributed by atoms with Gasteiger partial charge in [-0.05, 0) is 39.2 Å². The van der Waals surface area contributed by atoms with E-state index >= 15 is 0 Å². The van der Waals surface area contributed by atoms with Crippen LogP contribution in [0.1, 0.15) is 64.2 Å². The van der Waals surface area contributed by atoms with Crippen LogP contribution in [0.2, 0.25) is 0 Å². The Hall–Kier alpha value is -0.290. The van der Waals surface area contributed by atoms with Crippen molar-refractivity contribution in [3.05, 3.63) is 0 Å². The van der Waals surface area contributed by atoms with Gasteiger partial charge in [-0.3, -0.25) is 4.90 Å². The molecular weight excluding hydrogens is 277 g/mol. The maximum atomic E-state index is 13.1. The van der Waals surface area contributed by atoms with Crippen molar-refractivity contribution in [2.45, 2.75) is 82.0 Å². The maximum absolute atomic E-state index is 13.1. The van der Waals surface area contributed by atoms with E-state index in [0.29, 0.717) is 19.0 Å². The van der Waals surface area contributed by atoms with E-state index in [4.69, 9.17) is 5.73 Å². The highest BCUT2D eigenvalue weighted by molar-refractivity contribution is 4.99. The average molecular weight is 306 g/mol. The number of alkyl halides is 3. The van der Waals surface area contributed by atoms with Crippen molar-refractivity contribution in [2.24, 2.45) is 11.7 Å². The minimum absolute atomic E-state index is 0.181. The van der Waals surface area contributed by atoms with E-state index < -0.39 is 17.6 Å². The zero-order chi connectivity index (χ0) is 15.5. The molecule has 0 bridgehead atoms. The second-order valence-electron chi connectivity index (χ2n) is 7.02. The first-order chi connectivity index (χ1) is 9.89. The topological polar surface area (TPSA) is 29.3 Å². The molecule has 2 atom stereocenters. The van der Waals surface area contributed by atoms with E-state index in [1.807, 2.05) is 7.05 Å². The van der Waals surface area contributed by atoms with Crippen molar-refractivity contribution in [1.82, 2.24) is 4.90 Å². The predicted molar refractivity (Wildman–Crippen MR) is 79.1 cm³/mol. The summed E-state index contributed by atoms with van der Waals surface area (Å²) in [5.74, 6) is -1.18. The Labute approximate surface area is 126 Å². The molecule has 0 saturated heterocycles. The third-order valence-corrected chi connectivity index (χ3v) is 5.78. The smallest absolute Gasteiger partial charge is 0.329 e. The summed E-state index contributed by atoms with van der Waals surface area (Å²) in [6.07, 6.45) is 4.92. The molecule has 0 radical (unpaired) electrons. The maximum Gasteiger partial charge on any atom is 0.391 e. The lowest BCUT2D eigenvalue weighted by Gasteiger charge is -2.50. The number of halogens is 3. The summed E-state index contributed by atoms with van der Waals surface area (Å²) < 4.78 is 39.4. The highest BCUT2D eigenvalue weighted by Gasteiger charge is 2.49. The molecule has 2 rings (SSSR count). The SMILES string of the molecule is CN(C1CCCCCC1)C1(CN)CCCC(C(F)(F)F)C1. The quantitative estimate of drug-likeness (QED) is 0.796. The van der Waals surface area contributed by atoms with Crippen molar-refractivity contribution in [3.8, 4) is 0 Å². The lowest BCUT2D eigenvalue weighted by atomic mass is 9.73.